The monoisotopic (exact) mass is 386 g/mol. The minimum atomic E-state index is -0.581. The highest BCUT2D eigenvalue weighted by Gasteiger charge is 2.46. The van der Waals surface area contributed by atoms with Gasteiger partial charge in [0, 0.05) is 0 Å². The van der Waals surface area contributed by atoms with Crippen LogP contribution in [0, 0.1) is 0 Å². The molecule has 0 bridgehead atoms. The van der Waals surface area contributed by atoms with Crippen molar-refractivity contribution in [1.82, 2.24) is 10.4 Å². The van der Waals surface area contributed by atoms with Crippen molar-refractivity contribution in [3.8, 4) is 0 Å². The van der Waals surface area contributed by atoms with Crippen molar-refractivity contribution < 1.29 is 14.3 Å². The molecule has 1 fully saturated rings. The molecule has 4 rings (SSSR count). The van der Waals surface area contributed by atoms with E-state index in [-0.39, 0.29) is 5.91 Å². The Balaban J connectivity index is 1.64. The number of hydrazine groups is 1. The Hall–Kier alpha value is -3.60. The minimum absolute atomic E-state index is 0.227. The van der Waals surface area contributed by atoms with Crippen LogP contribution in [0.15, 0.2) is 91.0 Å². The molecule has 3 atom stereocenters. The molecule has 2 unspecified atom stereocenters. The summed E-state index contributed by atoms with van der Waals surface area (Å²) in [4.78, 5) is 25.9. The van der Waals surface area contributed by atoms with Crippen molar-refractivity contribution in [3.63, 3.8) is 0 Å². The molecule has 1 aliphatic rings. The van der Waals surface area contributed by atoms with E-state index in [1.54, 1.807) is 0 Å². The van der Waals surface area contributed by atoms with Gasteiger partial charge in [-0.2, -0.15) is 0 Å². The fourth-order valence-electron chi connectivity index (χ4n) is 3.70. The smallest absolute Gasteiger partial charge is 0.429 e. The predicted molar refractivity (Wildman–Crippen MR) is 110 cm³/mol. The number of ether oxygens (including phenoxy) is 1. The van der Waals surface area contributed by atoms with E-state index >= 15 is 0 Å². The first-order valence-corrected chi connectivity index (χ1v) is 9.60. The molecule has 2 amide bonds. The summed E-state index contributed by atoms with van der Waals surface area (Å²) >= 11 is 0. The lowest BCUT2D eigenvalue weighted by Gasteiger charge is -2.27. The Bertz CT molecular complexity index is 977. The van der Waals surface area contributed by atoms with E-state index in [4.69, 9.17) is 4.74 Å². The zero-order valence-electron chi connectivity index (χ0n) is 16.1. The van der Waals surface area contributed by atoms with Gasteiger partial charge in [-0.3, -0.25) is 10.2 Å². The zero-order chi connectivity index (χ0) is 20.2. The highest BCUT2D eigenvalue weighted by atomic mass is 16.6. The van der Waals surface area contributed by atoms with Gasteiger partial charge in [-0.15, -0.1) is 0 Å². The third-order valence-corrected chi connectivity index (χ3v) is 5.15. The zero-order valence-corrected chi connectivity index (χ0v) is 16.1. The highest BCUT2D eigenvalue weighted by Crippen LogP contribution is 2.40. The van der Waals surface area contributed by atoms with Crippen LogP contribution < -0.4 is 5.43 Å². The van der Waals surface area contributed by atoms with Gasteiger partial charge in [-0.05, 0) is 23.6 Å². The van der Waals surface area contributed by atoms with Gasteiger partial charge in [0.25, 0.3) is 0 Å². The standard InChI is InChI=1S/C24H22N2O3/c1-17(18-11-5-2-6-12-18)29-24(28)26-22(20-15-9-4-10-16-20)21(23(27)25-26)19-13-7-3-8-14-19/h2-17,21-22H,1H3,(H,25,27)/t17-,21?,22?/m1/s1. The summed E-state index contributed by atoms with van der Waals surface area (Å²) in [5.41, 5.74) is 5.34. The van der Waals surface area contributed by atoms with E-state index in [9.17, 15) is 9.59 Å². The number of rotatable bonds is 4. The van der Waals surface area contributed by atoms with E-state index in [1.165, 1.54) is 5.01 Å². The number of carbonyl (C=O) groups is 2. The van der Waals surface area contributed by atoms with E-state index in [2.05, 4.69) is 5.43 Å². The van der Waals surface area contributed by atoms with Crippen LogP contribution in [0.5, 0.6) is 0 Å². The van der Waals surface area contributed by atoms with Crippen LogP contribution >= 0.6 is 0 Å². The second-order valence-electron chi connectivity index (χ2n) is 7.03. The van der Waals surface area contributed by atoms with Gasteiger partial charge in [0.1, 0.15) is 6.10 Å². The van der Waals surface area contributed by atoms with Crippen molar-refractivity contribution in [2.75, 3.05) is 0 Å². The van der Waals surface area contributed by atoms with Crippen molar-refractivity contribution in [3.05, 3.63) is 108 Å². The highest BCUT2D eigenvalue weighted by molar-refractivity contribution is 5.90. The summed E-state index contributed by atoms with van der Waals surface area (Å²) in [6, 6.07) is 28.1. The molecule has 5 heteroatoms. The Morgan fingerprint density at radius 3 is 1.97 bits per heavy atom. The predicted octanol–water partition coefficient (Wildman–Crippen LogP) is 4.76. The summed E-state index contributed by atoms with van der Waals surface area (Å²) in [5.74, 6) is -0.743. The normalized spacial score (nSPS) is 19.5. The largest absolute Gasteiger partial charge is 0.440 e. The molecular weight excluding hydrogens is 364 g/mol. The average molecular weight is 386 g/mol. The van der Waals surface area contributed by atoms with Crippen molar-refractivity contribution in [2.45, 2.75) is 25.0 Å². The molecule has 0 saturated carbocycles. The van der Waals surface area contributed by atoms with Gasteiger partial charge in [0.15, 0.2) is 0 Å². The number of hydrogen-bond donors (Lipinski definition) is 1. The van der Waals surface area contributed by atoms with E-state index in [1.807, 2.05) is 97.9 Å². The lowest BCUT2D eigenvalue weighted by atomic mass is 9.88. The Morgan fingerprint density at radius 2 is 1.38 bits per heavy atom. The molecule has 0 radical (unpaired) electrons. The maximum atomic E-state index is 13.0. The number of amides is 2. The summed E-state index contributed by atoms with van der Waals surface area (Å²) in [6.45, 7) is 1.82. The second kappa shape index (κ2) is 8.19. The molecule has 146 valence electrons. The van der Waals surface area contributed by atoms with E-state index in [0.717, 1.165) is 16.7 Å². The van der Waals surface area contributed by atoms with Gasteiger partial charge in [0.05, 0.1) is 12.0 Å². The van der Waals surface area contributed by atoms with Crippen LogP contribution in [-0.2, 0) is 9.53 Å². The van der Waals surface area contributed by atoms with Crippen LogP contribution in [0.2, 0.25) is 0 Å². The Labute approximate surface area is 169 Å². The van der Waals surface area contributed by atoms with Gasteiger partial charge in [-0.25, -0.2) is 9.80 Å². The molecule has 1 N–H and O–H groups in total. The molecule has 1 aliphatic heterocycles. The summed E-state index contributed by atoms with van der Waals surface area (Å²) in [5, 5.41) is 1.31. The maximum Gasteiger partial charge on any atom is 0.429 e. The molecule has 1 heterocycles. The maximum absolute atomic E-state index is 13.0. The fraction of sp³-hybridized carbons (Fsp3) is 0.167. The average Bonchev–Trinajstić information content (AvgIpc) is 3.13. The molecule has 0 aliphatic carbocycles. The van der Waals surface area contributed by atoms with Crippen molar-refractivity contribution >= 4 is 12.0 Å². The molecule has 29 heavy (non-hydrogen) atoms. The number of carbonyl (C=O) groups excluding carboxylic acids is 2. The molecule has 0 aromatic heterocycles. The third-order valence-electron chi connectivity index (χ3n) is 5.15. The minimum Gasteiger partial charge on any atom is -0.440 e. The van der Waals surface area contributed by atoms with Crippen LogP contribution in [0.3, 0.4) is 0 Å². The van der Waals surface area contributed by atoms with Crippen molar-refractivity contribution in [2.24, 2.45) is 0 Å². The van der Waals surface area contributed by atoms with E-state index in [0.29, 0.717) is 0 Å². The third kappa shape index (κ3) is 3.85. The number of nitrogens with one attached hydrogen (secondary N) is 1. The van der Waals surface area contributed by atoms with E-state index < -0.39 is 24.2 Å². The first kappa shape index (κ1) is 18.7. The second-order valence-corrected chi connectivity index (χ2v) is 7.03. The van der Waals surface area contributed by atoms with Crippen LogP contribution in [0.25, 0.3) is 0 Å². The molecule has 0 spiro atoms. The number of hydrogen-bond acceptors (Lipinski definition) is 3. The van der Waals surface area contributed by atoms with Crippen LogP contribution in [-0.4, -0.2) is 17.0 Å². The SMILES string of the molecule is C[C@@H](OC(=O)N1NC(=O)C(c2ccccc2)C1c1ccccc1)c1ccccc1. The quantitative estimate of drug-likeness (QED) is 0.704. The topological polar surface area (TPSA) is 58.6 Å². The summed E-state index contributed by atoms with van der Waals surface area (Å²) in [7, 11) is 0. The lowest BCUT2D eigenvalue weighted by molar-refractivity contribution is -0.122. The number of nitrogens with zero attached hydrogens (tertiary/aromatic N) is 1. The Morgan fingerprint density at radius 1 is 0.862 bits per heavy atom. The molecule has 3 aromatic rings. The van der Waals surface area contributed by atoms with Crippen molar-refractivity contribution in [1.29, 1.82) is 0 Å². The molecule has 3 aromatic carbocycles. The van der Waals surface area contributed by atoms with Crippen LogP contribution in [0.1, 0.15) is 41.7 Å². The van der Waals surface area contributed by atoms with Gasteiger partial charge < -0.3 is 4.74 Å². The van der Waals surface area contributed by atoms with Crippen LogP contribution in [0.4, 0.5) is 4.79 Å². The summed E-state index contributed by atoms with van der Waals surface area (Å²) < 4.78 is 5.68. The molecule has 1 saturated heterocycles. The fourth-order valence-corrected chi connectivity index (χ4v) is 3.70. The Kier molecular flexibility index (Phi) is 5.29. The van der Waals surface area contributed by atoms with Gasteiger partial charge >= 0.3 is 6.09 Å². The number of benzene rings is 3. The van der Waals surface area contributed by atoms with Gasteiger partial charge in [0.2, 0.25) is 5.91 Å². The lowest BCUT2D eigenvalue weighted by Crippen LogP contribution is -2.40. The summed E-state index contributed by atoms with van der Waals surface area (Å²) in [6.07, 6.45) is -1.02. The molecular formula is C24H22N2O3. The van der Waals surface area contributed by atoms with Gasteiger partial charge in [-0.1, -0.05) is 91.0 Å². The first-order chi connectivity index (χ1) is 14.1. The molecule has 5 nitrogen and oxygen atoms in total. The first-order valence-electron chi connectivity index (χ1n) is 9.60.